The van der Waals surface area contributed by atoms with Crippen molar-refractivity contribution in [2.75, 3.05) is 18.9 Å². The van der Waals surface area contributed by atoms with Crippen LogP contribution in [0.1, 0.15) is 26.7 Å². The third-order valence-corrected chi connectivity index (χ3v) is 3.71. The Kier molecular flexibility index (Phi) is 6.14. The lowest BCUT2D eigenvalue weighted by Gasteiger charge is -2.15. The van der Waals surface area contributed by atoms with Gasteiger partial charge in [0.25, 0.3) is 0 Å². The second kappa shape index (κ2) is 7.43. The standard InChI is InChI=1S/C12H20NO2Si/c1-3-8-14-16(15-9-4-2)12-7-5-6-11(13)10-12/h5-7,10H,3-4,8-9,13H2,1-2H3. The van der Waals surface area contributed by atoms with Gasteiger partial charge in [-0.15, -0.1) is 0 Å². The first-order valence-electron chi connectivity index (χ1n) is 5.76. The molecule has 89 valence electrons. The van der Waals surface area contributed by atoms with Crippen LogP contribution in [0, 0.1) is 0 Å². The van der Waals surface area contributed by atoms with Crippen molar-refractivity contribution in [1.82, 2.24) is 0 Å². The summed E-state index contributed by atoms with van der Waals surface area (Å²) in [5, 5.41) is 1.09. The molecule has 1 aromatic carbocycles. The molecular weight excluding hydrogens is 218 g/mol. The summed E-state index contributed by atoms with van der Waals surface area (Å²) in [5.74, 6) is 0. The van der Waals surface area contributed by atoms with Crippen LogP contribution in [0.25, 0.3) is 0 Å². The average Bonchev–Trinajstić information content (AvgIpc) is 2.29. The molecule has 0 unspecified atom stereocenters. The van der Waals surface area contributed by atoms with E-state index in [-0.39, 0.29) is 0 Å². The first-order chi connectivity index (χ1) is 7.77. The fourth-order valence-electron chi connectivity index (χ4n) is 1.26. The van der Waals surface area contributed by atoms with Crippen LogP contribution in [0.3, 0.4) is 0 Å². The Morgan fingerprint density at radius 3 is 2.25 bits per heavy atom. The summed E-state index contributed by atoms with van der Waals surface area (Å²) in [5.41, 5.74) is 6.52. The lowest BCUT2D eigenvalue weighted by Crippen LogP contribution is -2.37. The average molecular weight is 238 g/mol. The van der Waals surface area contributed by atoms with Crippen LogP contribution in [0.5, 0.6) is 0 Å². The molecule has 0 bridgehead atoms. The van der Waals surface area contributed by atoms with Crippen LogP contribution in [-0.2, 0) is 8.85 Å². The number of anilines is 1. The number of hydrogen-bond donors (Lipinski definition) is 1. The molecule has 0 aromatic heterocycles. The monoisotopic (exact) mass is 238 g/mol. The van der Waals surface area contributed by atoms with Crippen molar-refractivity contribution in [3.63, 3.8) is 0 Å². The van der Waals surface area contributed by atoms with E-state index < -0.39 is 9.28 Å². The molecule has 0 heterocycles. The lowest BCUT2D eigenvalue weighted by molar-refractivity contribution is 0.207. The van der Waals surface area contributed by atoms with Gasteiger partial charge in [0.2, 0.25) is 0 Å². The molecule has 1 aromatic rings. The second-order valence-electron chi connectivity index (χ2n) is 3.61. The summed E-state index contributed by atoms with van der Waals surface area (Å²) < 4.78 is 11.5. The number of benzene rings is 1. The van der Waals surface area contributed by atoms with E-state index in [1.54, 1.807) is 0 Å². The fourth-order valence-corrected chi connectivity index (χ4v) is 2.98. The molecule has 1 rings (SSSR count). The van der Waals surface area contributed by atoms with Gasteiger partial charge in [-0.25, -0.2) is 0 Å². The van der Waals surface area contributed by atoms with Gasteiger partial charge < -0.3 is 14.6 Å². The van der Waals surface area contributed by atoms with Crippen molar-refractivity contribution in [3.05, 3.63) is 24.3 Å². The molecule has 3 nitrogen and oxygen atoms in total. The van der Waals surface area contributed by atoms with Crippen molar-refractivity contribution in [2.24, 2.45) is 0 Å². The minimum absolute atomic E-state index is 0.743. The van der Waals surface area contributed by atoms with Crippen molar-refractivity contribution < 1.29 is 8.85 Å². The van der Waals surface area contributed by atoms with Gasteiger partial charge >= 0.3 is 9.28 Å². The lowest BCUT2D eigenvalue weighted by atomic mass is 10.3. The molecule has 0 aliphatic carbocycles. The molecule has 0 spiro atoms. The maximum absolute atomic E-state index is 5.76. The zero-order chi connectivity index (χ0) is 11.8. The summed E-state index contributed by atoms with van der Waals surface area (Å²) in [7, 11) is -1.35. The summed E-state index contributed by atoms with van der Waals surface area (Å²) in [4.78, 5) is 0. The minimum Gasteiger partial charge on any atom is -0.399 e. The smallest absolute Gasteiger partial charge is 0.399 e. The highest BCUT2D eigenvalue weighted by molar-refractivity contribution is 6.61. The molecule has 0 saturated heterocycles. The van der Waals surface area contributed by atoms with E-state index in [1.807, 2.05) is 24.3 Å². The summed E-state index contributed by atoms with van der Waals surface area (Å²) in [6.45, 7) is 5.68. The Morgan fingerprint density at radius 1 is 1.12 bits per heavy atom. The number of hydrogen-bond acceptors (Lipinski definition) is 3. The Labute approximate surface area is 99.4 Å². The predicted octanol–water partition coefficient (Wildman–Crippen LogP) is 1.82. The summed E-state index contributed by atoms with van der Waals surface area (Å²) in [6, 6.07) is 7.79. The highest BCUT2D eigenvalue weighted by Gasteiger charge is 2.18. The van der Waals surface area contributed by atoms with Crippen LogP contribution >= 0.6 is 0 Å². The van der Waals surface area contributed by atoms with Crippen molar-refractivity contribution in [3.8, 4) is 0 Å². The normalized spacial score (nSPS) is 10.9. The third kappa shape index (κ3) is 4.34. The molecule has 4 heteroatoms. The van der Waals surface area contributed by atoms with Gasteiger partial charge in [0, 0.05) is 18.9 Å². The Balaban J connectivity index is 2.66. The maximum atomic E-state index is 5.76. The third-order valence-electron chi connectivity index (χ3n) is 2.00. The molecule has 0 aliphatic rings. The molecule has 1 radical (unpaired) electrons. The van der Waals surface area contributed by atoms with E-state index in [0.29, 0.717) is 0 Å². The molecule has 0 fully saturated rings. The van der Waals surface area contributed by atoms with Gasteiger partial charge in [-0.05, 0) is 30.2 Å². The molecular formula is C12H20NO2Si. The maximum Gasteiger partial charge on any atom is 0.423 e. The Morgan fingerprint density at radius 2 is 1.75 bits per heavy atom. The quantitative estimate of drug-likeness (QED) is 0.582. The second-order valence-corrected chi connectivity index (χ2v) is 5.34. The summed E-state index contributed by atoms with van der Waals surface area (Å²) >= 11 is 0. The van der Waals surface area contributed by atoms with Crippen LogP contribution in [0.2, 0.25) is 0 Å². The van der Waals surface area contributed by atoms with Gasteiger partial charge in [-0.2, -0.15) is 0 Å². The number of rotatable bonds is 7. The zero-order valence-electron chi connectivity index (χ0n) is 10.0. The van der Waals surface area contributed by atoms with Crippen LogP contribution < -0.4 is 10.9 Å². The molecule has 16 heavy (non-hydrogen) atoms. The first-order valence-corrected chi connectivity index (χ1v) is 7.08. The highest BCUT2D eigenvalue weighted by atomic mass is 28.3. The van der Waals surface area contributed by atoms with Gasteiger partial charge in [0.05, 0.1) is 0 Å². The van der Waals surface area contributed by atoms with Gasteiger partial charge in [0.1, 0.15) is 0 Å². The van der Waals surface area contributed by atoms with E-state index in [4.69, 9.17) is 14.6 Å². The topological polar surface area (TPSA) is 44.5 Å². The number of nitrogen functional groups attached to an aromatic ring is 1. The Hall–Kier alpha value is -0.843. The summed E-state index contributed by atoms with van der Waals surface area (Å²) in [6.07, 6.45) is 2.01. The van der Waals surface area contributed by atoms with Gasteiger partial charge in [0.15, 0.2) is 0 Å². The van der Waals surface area contributed by atoms with E-state index in [0.717, 1.165) is 36.9 Å². The van der Waals surface area contributed by atoms with Crippen molar-refractivity contribution in [1.29, 1.82) is 0 Å². The molecule has 0 saturated carbocycles. The van der Waals surface area contributed by atoms with Gasteiger partial charge in [-0.3, -0.25) is 0 Å². The van der Waals surface area contributed by atoms with Gasteiger partial charge in [-0.1, -0.05) is 26.0 Å². The molecule has 2 N–H and O–H groups in total. The van der Waals surface area contributed by atoms with E-state index in [1.165, 1.54) is 0 Å². The molecule has 0 atom stereocenters. The van der Waals surface area contributed by atoms with E-state index in [9.17, 15) is 0 Å². The fraction of sp³-hybridized carbons (Fsp3) is 0.500. The minimum atomic E-state index is -1.35. The van der Waals surface area contributed by atoms with Crippen molar-refractivity contribution in [2.45, 2.75) is 26.7 Å². The van der Waals surface area contributed by atoms with Crippen LogP contribution in [0.15, 0.2) is 24.3 Å². The Bertz CT molecular complexity index is 299. The first kappa shape index (κ1) is 13.2. The number of nitrogens with two attached hydrogens (primary N) is 1. The predicted molar refractivity (Wildman–Crippen MR) is 68.7 cm³/mol. The molecule has 0 amide bonds. The van der Waals surface area contributed by atoms with E-state index in [2.05, 4.69) is 13.8 Å². The highest BCUT2D eigenvalue weighted by Crippen LogP contribution is 2.01. The van der Waals surface area contributed by atoms with E-state index >= 15 is 0 Å². The van der Waals surface area contributed by atoms with Crippen molar-refractivity contribution >= 4 is 20.2 Å². The SMILES string of the molecule is CCCO[Si](OCCC)c1cccc(N)c1. The molecule has 0 aliphatic heterocycles. The largest absolute Gasteiger partial charge is 0.423 e. The van der Waals surface area contributed by atoms with Crippen LogP contribution in [0.4, 0.5) is 5.69 Å². The van der Waals surface area contributed by atoms with Crippen LogP contribution in [-0.4, -0.2) is 22.5 Å². The zero-order valence-corrected chi connectivity index (χ0v) is 11.0.